The number of carbonyl (C=O) groups is 1. The average molecular weight is 369 g/mol. The molecule has 2 aliphatic heterocycles. The Kier molecular flexibility index (Phi) is 4.45. The van der Waals surface area contributed by atoms with Crippen LogP contribution in [0.15, 0.2) is 65.6 Å². The van der Waals surface area contributed by atoms with Crippen molar-refractivity contribution in [2.45, 2.75) is 48.5 Å². The fourth-order valence-corrected chi connectivity index (χ4v) is 6.72. The number of sulfone groups is 1. The third-order valence-corrected chi connectivity index (χ3v) is 7.97. The number of carbonyl (C=O) groups excluding carboxylic acids is 1. The maximum Gasteiger partial charge on any atom is 0.182 e. The molecule has 26 heavy (non-hydrogen) atoms. The van der Waals surface area contributed by atoms with Crippen molar-refractivity contribution in [3.05, 3.63) is 66.2 Å². The summed E-state index contributed by atoms with van der Waals surface area (Å²) in [5, 5.41) is -0.528. The third-order valence-electron chi connectivity index (χ3n) is 5.78. The second-order valence-corrected chi connectivity index (χ2v) is 9.61. The van der Waals surface area contributed by atoms with Crippen LogP contribution in [0, 0.1) is 5.92 Å². The summed E-state index contributed by atoms with van der Waals surface area (Å²) >= 11 is 0. The zero-order chi connectivity index (χ0) is 18.3. The molecular weight excluding hydrogens is 346 g/mol. The molecule has 2 bridgehead atoms. The van der Waals surface area contributed by atoms with Crippen LogP contribution in [0.25, 0.3) is 0 Å². The Hall–Kier alpha value is -1.98. The summed E-state index contributed by atoms with van der Waals surface area (Å²) in [6, 6.07) is 18.2. The molecule has 4 atom stereocenters. The summed E-state index contributed by atoms with van der Waals surface area (Å²) in [5.41, 5.74) is 1.11. The van der Waals surface area contributed by atoms with Crippen LogP contribution in [-0.4, -0.2) is 36.4 Å². The van der Waals surface area contributed by atoms with Gasteiger partial charge >= 0.3 is 0 Å². The van der Waals surface area contributed by atoms with E-state index in [9.17, 15) is 13.2 Å². The molecule has 2 saturated heterocycles. The normalized spacial score (nSPS) is 29.0. The predicted molar refractivity (Wildman–Crippen MR) is 100 cm³/mol. The van der Waals surface area contributed by atoms with Gasteiger partial charge in [-0.25, -0.2) is 8.42 Å². The Labute approximate surface area is 154 Å². The quantitative estimate of drug-likeness (QED) is 0.831. The van der Waals surface area contributed by atoms with Gasteiger partial charge in [0.1, 0.15) is 5.78 Å². The Morgan fingerprint density at radius 3 is 2.27 bits per heavy atom. The van der Waals surface area contributed by atoms with Crippen LogP contribution >= 0.6 is 0 Å². The summed E-state index contributed by atoms with van der Waals surface area (Å²) in [6.07, 6.45) is 0.874. The summed E-state index contributed by atoms with van der Waals surface area (Å²) < 4.78 is 26.6. The summed E-state index contributed by atoms with van der Waals surface area (Å²) in [6.45, 7) is 2.63. The minimum atomic E-state index is -3.47. The molecule has 0 unspecified atom stereocenters. The third kappa shape index (κ3) is 2.89. The zero-order valence-corrected chi connectivity index (χ0v) is 15.6. The number of piperidine rings is 1. The molecule has 0 spiro atoms. The lowest BCUT2D eigenvalue weighted by Crippen LogP contribution is -2.51. The van der Waals surface area contributed by atoms with Crippen molar-refractivity contribution in [2.75, 3.05) is 0 Å². The van der Waals surface area contributed by atoms with Crippen molar-refractivity contribution in [3.8, 4) is 0 Å². The highest BCUT2D eigenvalue weighted by Gasteiger charge is 2.55. The number of ketones is 1. The minimum absolute atomic E-state index is 0.0356. The number of nitrogens with zero attached hydrogens (tertiary/aromatic N) is 1. The first-order valence-corrected chi connectivity index (χ1v) is 10.6. The van der Waals surface area contributed by atoms with E-state index >= 15 is 0 Å². The van der Waals surface area contributed by atoms with Crippen LogP contribution in [0.5, 0.6) is 0 Å². The molecule has 0 radical (unpaired) electrons. The van der Waals surface area contributed by atoms with E-state index in [1.165, 1.54) is 0 Å². The molecule has 5 heteroatoms. The van der Waals surface area contributed by atoms with Crippen molar-refractivity contribution >= 4 is 15.6 Å². The van der Waals surface area contributed by atoms with Crippen LogP contribution < -0.4 is 0 Å². The van der Waals surface area contributed by atoms with Crippen LogP contribution in [-0.2, 0) is 21.2 Å². The molecule has 2 aromatic carbocycles. The number of Topliss-reactive ketones (excluding diaryl/α,β-unsaturated/α-hetero) is 1. The van der Waals surface area contributed by atoms with Crippen molar-refractivity contribution in [1.29, 1.82) is 0 Å². The van der Waals surface area contributed by atoms with Crippen molar-refractivity contribution in [3.63, 3.8) is 0 Å². The summed E-state index contributed by atoms with van der Waals surface area (Å²) in [4.78, 5) is 15.1. The molecule has 0 saturated carbocycles. The first-order chi connectivity index (χ1) is 12.5. The van der Waals surface area contributed by atoms with Gasteiger partial charge in [-0.05, 0) is 30.0 Å². The molecular formula is C21H23NO3S. The molecule has 2 aliphatic rings. The summed E-state index contributed by atoms with van der Waals surface area (Å²) in [7, 11) is -3.47. The van der Waals surface area contributed by atoms with E-state index in [4.69, 9.17) is 0 Å². The van der Waals surface area contributed by atoms with Gasteiger partial charge in [0.05, 0.1) is 16.2 Å². The lowest BCUT2D eigenvalue weighted by molar-refractivity contribution is -0.128. The molecule has 4 nitrogen and oxygen atoms in total. The molecule has 0 aliphatic carbocycles. The highest BCUT2D eigenvalue weighted by atomic mass is 32.2. The molecule has 136 valence electrons. The monoisotopic (exact) mass is 369 g/mol. The number of hydrogen-bond donors (Lipinski definition) is 0. The number of rotatable bonds is 4. The second-order valence-electron chi connectivity index (χ2n) is 7.44. The van der Waals surface area contributed by atoms with Crippen molar-refractivity contribution in [1.82, 2.24) is 4.90 Å². The number of fused-ring (bicyclic) bond motifs is 2. The van der Waals surface area contributed by atoms with Crippen LogP contribution in [0.3, 0.4) is 0 Å². The predicted octanol–water partition coefficient (Wildman–Crippen LogP) is 3.08. The van der Waals surface area contributed by atoms with Gasteiger partial charge in [-0.3, -0.25) is 9.69 Å². The Balaban J connectivity index is 1.71. The van der Waals surface area contributed by atoms with E-state index < -0.39 is 15.1 Å². The van der Waals surface area contributed by atoms with E-state index in [1.807, 2.05) is 43.3 Å². The zero-order valence-electron chi connectivity index (χ0n) is 14.8. The van der Waals surface area contributed by atoms with Crippen LogP contribution in [0.1, 0.15) is 25.3 Å². The van der Waals surface area contributed by atoms with Gasteiger partial charge in [-0.2, -0.15) is 0 Å². The van der Waals surface area contributed by atoms with Crippen LogP contribution in [0.2, 0.25) is 0 Å². The molecule has 0 N–H and O–H groups in total. The van der Waals surface area contributed by atoms with Gasteiger partial charge in [0.25, 0.3) is 0 Å². The van der Waals surface area contributed by atoms with Gasteiger partial charge in [-0.1, -0.05) is 55.5 Å². The van der Waals surface area contributed by atoms with Gasteiger partial charge in [0.15, 0.2) is 9.84 Å². The smallest absolute Gasteiger partial charge is 0.182 e. The lowest BCUT2D eigenvalue weighted by Gasteiger charge is -2.39. The summed E-state index contributed by atoms with van der Waals surface area (Å²) in [5.74, 6) is 0.212. The molecule has 0 amide bonds. The maximum atomic E-state index is 13.3. The Morgan fingerprint density at radius 1 is 1.00 bits per heavy atom. The van der Waals surface area contributed by atoms with Crippen molar-refractivity contribution in [2.24, 2.45) is 5.92 Å². The Morgan fingerprint density at radius 2 is 1.62 bits per heavy atom. The highest BCUT2D eigenvalue weighted by Crippen LogP contribution is 2.43. The number of benzene rings is 2. The average Bonchev–Trinajstić information content (AvgIpc) is 2.96. The van der Waals surface area contributed by atoms with Crippen molar-refractivity contribution < 1.29 is 13.2 Å². The number of hydrogen-bond acceptors (Lipinski definition) is 4. The molecule has 0 aromatic heterocycles. The Bertz CT molecular complexity index is 895. The molecule has 2 heterocycles. The van der Waals surface area contributed by atoms with Crippen LogP contribution in [0.4, 0.5) is 0 Å². The standard InChI is InChI=1S/C21H23NO3S/c1-15-12-19(23)18-13-20(26(24,25)17-10-6-3-7-11-17)21(15)22(18)14-16-8-4-2-5-9-16/h2-11,15,18,20-21H,12-14H2,1H3/t15-,18-,20+,21-/m1/s1. The van der Waals surface area contributed by atoms with Gasteiger partial charge in [0, 0.05) is 19.0 Å². The molecule has 2 aromatic rings. The second kappa shape index (κ2) is 6.63. The fourth-order valence-electron chi connectivity index (χ4n) is 4.61. The van der Waals surface area contributed by atoms with E-state index in [-0.39, 0.29) is 23.8 Å². The van der Waals surface area contributed by atoms with E-state index in [0.717, 1.165) is 5.56 Å². The van der Waals surface area contributed by atoms with Gasteiger partial charge in [-0.15, -0.1) is 0 Å². The van der Waals surface area contributed by atoms with Gasteiger partial charge < -0.3 is 0 Å². The topological polar surface area (TPSA) is 54.5 Å². The van der Waals surface area contributed by atoms with Gasteiger partial charge in [0.2, 0.25) is 0 Å². The van der Waals surface area contributed by atoms with E-state index in [2.05, 4.69) is 4.90 Å². The van der Waals surface area contributed by atoms with E-state index in [0.29, 0.717) is 24.3 Å². The molecule has 4 rings (SSSR count). The first-order valence-electron chi connectivity index (χ1n) is 9.10. The fraction of sp³-hybridized carbons (Fsp3) is 0.381. The maximum absolute atomic E-state index is 13.3. The minimum Gasteiger partial charge on any atom is -0.298 e. The SMILES string of the molecule is C[C@@H]1CC(=O)[C@H]2C[C@H](S(=O)(=O)c3ccccc3)[C@@H]1N2Cc1ccccc1. The lowest BCUT2D eigenvalue weighted by atomic mass is 9.90. The largest absolute Gasteiger partial charge is 0.298 e. The highest BCUT2D eigenvalue weighted by molar-refractivity contribution is 7.92. The first kappa shape index (κ1) is 17.4. The van der Waals surface area contributed by atoms with E-state index in [1.54, 1.807) is 24.3 Å². The molecule has 2 fully saturated rings.